The van der Waals surface area contributed by atoms with E-state index < -0.39 is 12.2 Å². The first-order chi connectivity index (χ1) is 7.71. The monoisotopic (exact) mass is 223 g/mol. The maximum Gasteiger partial charge on any atom is 0.124 e. The lowest BCUT2D eigenvalue weighted by molar-refractivity contribution is 0.370. The average Bonchev–Trinajstić information content (AvgIpc) is 2.76. The van der Waals surface area contributed by atoms with Gasteiger partial charge in [0.15, 0.2) is 0 Å². The summed E-state index contributed by atoms with van der Waals surface area (Å²) < 4.78 is 18.3. The molecule has 0 amide bonds. The van der Waals surface area contributed by atoms with E-state index >= 15 is 0 Å². The SMILES string of the molecule is COc1cccc(CF)c1C1(N)CCCC1. The van der Waals surface area contributed by atoms with E-state index in [4.69, 9.17) is 10.5 Å². The summed E-state index contributed by atoms with van der Waals surface area (Å²) in [7, 11) is 1.61. The van der Waals surface area contributed by atoms with Crippen molar-refractivity contribution in [3.63, 3.8) is 0 Å². The van der Waals surface area contributed by atoms with Crippen molar-refractivity contribution in [2.45, 2.75) is 37.9 Å². The van der Waals surface area contributed by atoms with Gasteiger partial charge in [0.1, 0.15) is 12.4 Å². The number of ether oxygens (including phenoxy) is 1. The van der Waals surface area contributed by atoms with Crippen LogP contribution in [0.1, 0.15) is 36.8 Å². The lowest BCUT2D eigenvalue weighted by Crippen LogP contribution is -2.34. The topological polar surface area (TPSA) is 35.2 Å². The maximum absolute atomic E-state index is 13.0. The molecular formula is C13H18FNO. The number of methoxy groups -OCH3 is 1. The van der Waals surface area contributed by atoms with Crippen LogP contribution in [0.5, 0.6) is 5.75 Å². The molecule has 0 atom stereocenters. The lowest BCUT2D eigenvalue weighted by atomic mass is 9.85. The molecule has 1 fully saturated rings. The van der Waals surface area contributed by atoms with Crippen LogP contribution in [0, 0.1) is 0 Å². The molecule has 16 heavy (non-hydrogen) atoms. The van der Waals surface area contributed by atoms with E-state index in [0.29, 0.717) is 5.56 Å². The van der Waals surface area contributed by atoms with Crippen LogP contribution in [-0.2, 0) is 12.2 Å². The largest absolute Gasteiger partial charge is 0.496 e. The Bertz CT molecular complexity index is 350. The fraction of sp³-hybridized carbons (Fsp3) is 0.538. The molecule has 0 bridgehead atoms. The molecule has 0 unspecified atom stereocenters. The molecule has 2 nitrogen and oxygen atoms in total. The number of alkyl halides is 1. The number of halogens is 1. The number of rotatable bonds is 3. The summed E-state index contributed by atoms with van der Waals surface area (Å²) in [5.74, 6) is 0.722. The lowest BCUT2D eigenvalue weighted by Gasteiger charge is -2.28. The Balaban J connectivity index is 2.51. The molecule has 0 aromatic heterocycles. The van der Waals surface area contributed by atoms with Gasteiger partial charge >= 0.3 is 0 Å². The Labute approximate surface area is 95.6 Å². The number of nitrogens with two attached hydrogens (primary N) is 1. The highest BCUT2D eigenvalue weighted by atomic mass is 19.1. The molecule has 0 saturated heterocycles. The molecule has 3 heteroatoms. The van der Waals surface area contributed by atoms with Crippen LogP contribution in [0.3, 0.4) is 0 Å². The van der Waals surface area contributed by atoms with Crippen LogP contribution < -0.4 is 10.5 Å². The third-order valence-electron chi connectivity index (χ3n) is 3.47. The quantitative estimate of drug-likeness (QED) is 0.855. The fourth-order valence-corrected chi connectivity index (χ4v) is 2.68. The van der Waals surface area contributed by atoms with Gasteiger partial charge in [-0.2, -0.15) is 0 Å². The van der Waals surface area contributed by atoms with Crippen LogP contribution in [0.25, 0.3) is 0 Å². The summed E-state index contributed by atoms with van der Waals surface area (Å²) in [5.41, 5.74) is 7.53. The first-order valence-corrected chi connectivity index (χ1v) is 5.72. The molecule has 0 radical (unpaired) electrons. The summed E-state index contributed by atoms with van der Waals surface area (Å²) in [5, 5.41) is 0. The zero-order chi connectivity index (χ0) is 11.6. The molecule has 1 aliphatic carbocycles. The first-order valence-electron chi connectivity index (χ1n) is 5.72. The minimum absolute atomic E-state index is 0.395. The van der Waals surface area contributed by atoms with Crippen LogP contribution in [0.15, 0.2) is 18.2 Å². The van der Waals surface area contributed by atoms with Gasteiger partial charge in [-0.1, -0.05) is 25.0 Å². The second kappa shape index (κ2) is 4.42. The molecule has 2 rings (SSSR count). The molecule has 1 aliphatic rings. The standard InChI is InChI=1S/C13H18FNO/c1-16-11-6-4-5-10(9-14)12(11)13(15)7-2-3-8-13/h4-6H,2-3,7-9,15H2,1H3. The van der Waals surface area contributed by atoms with Gasteiger partial charge < -0.3 is 10.5 Å². The summed E-state index contributed by atoms with van der Waals surface area (Å²) in [6, 6.07) is 5.47. The Morgan fingerprint density at radius 2 is 2.06 bits per heavy atom. The summed E-state index contributed by atoms with van der Waals surface area (Å²) >= 11 is 0. The second-order valence-corrected chi connectivity index (χ2v) is 4.49. The number of benzene rings is 1. The normalized spacial score (nSPS) is 18.7. The van der Waals surface area contributed by atoms with Crippen molar-refractivity contribution in [2.75, 3.05) is 7.11 Å². The van der Waals surface area contributed by atoms with Crippen molar-refractivity contribution >= 4 is 0 Å². The van der Waals surface area contributed by atoms with Crippen LogP contribution in [0.2, 0.25) is 0 Å². The van der Waals surface area contributed by atoms with Crippen molar-refractivity contribution in [1.82, 2.24) is 0 Å². The highest BCUT2D eigenvalue weighted by Gasteiger charge is 2.35. The van der Waals surface area contributed by atoms with Crippen LogP contribution >= 0.6 is 0 Å². The van der Waals surface area contributed by atoms with Gasteiger partial charge in [-0.15, -0.1) is 0 Å². The molecule has 2 N–H and O–H groups in total. The summed E-state index contributed by atoms with van der Waals surface area (Å²) in [4.78, 5) is 0. The van der Waals surface area contributed by atoms with Crippen molar-refractivity contribution in [1.29, 1.82) is 0 Å². The maximum atomic E-state index is 13.0. The minimum Gasteiger partial charge on any atom is -0.496 e. The number of hydrogen-bond acceptors (Lipinski definition) is 2. The molecule has 0 spiro atoms. The summed E-state index contributed by atoms with van der Waals surface area (Å²) in [6.45, 7) is -0.481. The van der Waals surface area contributed by atoms with Gasteiger partial charge in [-0.05, 0) is 24.5 Å². The molecule has 0 heterocycles. The van der Waals surface area contributed by atoms with Gasteiger partial charge in [0, 0.05) is 11.1 Å². The minimum atomic E-state index is -0.481. The molecule has 1 aromatic rings. The highest BCUT2D eigenvalue weighted by Crippen LogP contribution is 2.42. The van der Waals surface area contributed by atoms with Crippen molar-refractivity contribution in [3.05, 3.63) is 29.3 Å². The van der Waals surface area contributed by atoms with Crippen LogP contribution in [-0.4, -0.2) is 7.11 Å². The van der Waals surface area contributed by atoms with Gasteiger partial charge in [0.05, 0.1) is 7.11 Å². The fourth-order valence-electron chi connectivity index (χ4n) is 2.68. The number of hydrogen-bond donors (Lipinski definition) is 1. The van der Waals surface area contributed by atoms with E-state index in [0.717, 1.165) is 37.0 Å². The van der Waals surface area contributed by atoms with Gasteiger partial charge in [0.25, 0.3) is 0 Å². The second-order valence-electron chi connectivity index (χ2n) is 4.49. The molecule has 88 valence electrons. The smallest absolute Gasteiger partial charge is 0.124 e. The van der Waals surface area contributed by atoms with E-state index in [9.17, 15) is 4.39 Å². The van der Waals surface area contributed by atoms with E-state index in [-0.39, 0.29) is 0 Å². The van der Waals surface area contributed by atoms with E-state index in [2.05, 4.69) is 0 Å². The Kier molecular flexibility index (Phi) is 3.15. The molecular weight excluding hydrogens is 205 g/mol. The van der Waals surface area contributed by atoms with E-state index in [1.165, 1.54) is 0 Å². The van der Waals surface area contributed by atoms with Gasteiger partial charge in [-0.25, -0.2) is 4.39 Å². The van der Waals surface area contributed by atoms with E-state index in [1.807, 2.05) is 12.1 Å². The van der Waals surface area contributed by atoms with Crippen molar-refractivity contribution in [2.24, 2.45) is 5.73 Å². The van der Waals surface area contributed by atoms with Crippen molar-refractivity contribution in [3.8, 4) is 5.75 Å². The third-order valence-corrected chi connectivity index (χ3v) is 3.47. The molecule has 0 aliphatic heterocycles. The Morgan fingerprint density at radius 1 is 1.38 bits per heavy atom. The van der Waals surface area contributed by atoms with Crippen LogP contribution in [0.4, 0.5) is 4.39 Å². The van der Waals surface area contributed by atoms with Crippen molar-refractivity contribution < 1.29 is 9.13 Å². The highest BCUT2D eigenvalue weighted by molar-refractivity contribution is 5.45. The zero-order valence-electron chi connectivity index (χ0n) is 9.63. The Morgan fingerprint density at radius 3 is 2.62 bits per heavy atom. The van der Waals surface area contributed by atoms with Gasteiger partial charge in [-0.3, -0.25) is 0 Å². The van der Waals surface area contributed by atoms with E-state index in [1.54, 1.807) is 13.2 Å². The Hall–Kier alpha value is -1.09. The predicted octanol–water partition coefficient (Wildman–Crippen LogP) is 2.89. The summed E-state index contributed by atoms with van der Waals surface area (Å²) in [6.07, 6.45) is 4.06. The third kappa shape index (κ3) is 1.80. The molecule has 1 saturated carbocycles. The van der Waals surface area contributed by atoms with Gasteiger partial charge in [0.2, 0.25) is 0 Å². The predicted molar refractivity (Wildman–Crippen MR) is 62.1 cm³/mol. The molecule has 1 aromatic carbocycles. The first kappa shape index (κ1) is 11.4. The zero-order valence-corrected chi connectivity index (χ0v) is 9.63. The average molecular weight is 223 g/mol.